The van der Waals surface area contributed by atoms with E-state index in [-0.39, 0.29) is 5.41 Å². The second-order valence-corrected chi connectivity index (χ2v) is 8.43. The lowest BCUT2D eigenvalue weighted by Crippen LogP contribution is -2.50. The van der Waals surface area contributed by atoms with Crippen molar-refractivity contribution in [1.29, 1.82) is 0 Å². The lowest BCUT2D eigenvalue weighted by atomic mass is 9.53. The van der Waals surface area contributed by atoms with Crippen LogP contribution in [0.2, 0.25) is 0 Å². The maximum absolute atomic E-state index is 11.4. The van der Waals surface area contributed by atoms with Gasteiger partial charge in [0, 0.05) is 11.8 Å². The van der Waals surface area contributed by atoms with E-state index in [1.54, 1.807) is 0 Å². The van der Waals surface area contributed by atoms with Crippen LogP contribution in [0.1, 0.15) is 69.4 Å². The van der Waals surface area contributed by atoms with Gasteiger partial charge in [-0.05, 0) is 86.5 Å². The number of phenolic OH excluding ortho intramolecular Hbond substituents is 1. The number of aromatic hydroxyl groups is 1. The summed E-state index contributed by atoms with van der Waals surface area (Å²) < 4.78 is 0. The van der Waals surface area contributed by atoms with Gasteiger partial charge in [-0.25, -0.2) is 0 Å². The molecule has 1 aromatic rings. The molecular formula is C22H28O2. The third-order valence-corrected chi connectivity index (χ3v) is 7.59. The molecule has 2 heteroatoms. The van der Waals surface area contributed by atoms with Crippen LogP contribution in [0.5, 0.6) is 5.75 Å². The van der Waals surface area contributed by atoms with Crippen LogP contribution in [-0.2, 0) is 6.42 Å². The normalized spacial score (nSPS) is 40.0. The molecule has 0 heterocycles. The third kappa shape index (κ3) is 2.14. The Morgan fingerprint density at radius 3 is 2.83 bits per heavy atom. The van der Waals surface area contributed by atoms with E-state index in [4.69, 9.17) is 0 Å². The van der Waals surface area contributed by atoms with Gasteiger partial charge in [0.25, 0.3) is 0 Å². The van der Waals surface area contributed by atoms with Gasteiger partial charge in [0.2, 0.25) is 0 Å². The van der Waals surface area contributed by atoms with Crippen molar-refractivity contribution in [3.63, 3.8) is 0 Å². The van der Waals surface area contributed by atoms with E-state index in [0.29, 0.717) is 29.9 Å². The molecule has 0 bridgehead atoms. The molecule has 2 fully saturated rings. The van der Waals surface area contributed by atoms with Gasteiger partial charge >= 0.3 is 0 Å². The van der Waals surface area contributed by atoms with Gasteiger partial charge in [0.15, 0.2) is 0 Å². The second kappa shape index (κ2) is 5.53. The van der Waals surface area contributed by atoms with Crippen LogP contribution >= 0.6 is 0 Å². The van der Waals surface area contributed by atoms with Crippen LogP contribution in [0.4, 0.5) is 0 Å². The first-order valence-corrected chi connectivity index (χ1v) is 9.42. The summed E-state index contributed by atoms with van der Waals surface area (Å²) in [7, 11) is 0. The van der Waals surface area contributed by atoms with Crippen LogP contribution in [0.25, 0.3) is 0 Å². The SMILES string of the molecule is CC#CC[C@]1(O)CCC2C3CCc4cc(O)ccc4C3CC[C@@]21C. The zero-order valence-electron chi connectivity index (χ0n) is 14.8. The van der Waals surface area contributed by atoms with Gasteiger partial charge in [-0.2, -0.15) is 0 Å². The monoisotopic (exact) mass is 324 g/mol. The predicted octanol–water partition coefficient (Wildman–Crippen LogP) is 4.39. The van der Waals surface area contributed by atoms with E-state index in [0.717, 1.165) is 32.1 Å². The highest BCUT2D eigenvalue weighted by Gasteiger charge is 2.61. The molecular weight excluding hydrogens is 296 g/mol. The number of hydrogen-bond acceptors (Lipinski definition) is 2. The molecule has 0 aromatic heterocycles. The Morgan fingerprint density at radius 1 is 1.21 bits per heavy atom. The maximum Gasteiger partial charge on any atom is 0.115 e. The minimum Gasteiger partial charge on any atom is -0.508 e. The Bertz CT molecular complexity index is 712. The third-order valence-electron chi connectivity index (χ3n) is 7.59. The van der Waals surface area contributed by atoms with Gasteiger partial charge in [0.1, 0.15) is 5.75 Å². The number of aryl methyl sites for hydroxylation is 1. The minimum atomic E-state index is -0.610. The summed E-state index contributed by atoms with van der Waals surface area (Å²) in [6.07, 6.45) is 7.14. The van der Waals surface area contributed by atoms with E-state index < -0.39 is 5.60 Å². The van der Waals surface area contributed by atoms with Crippen LogP contribution in [0.15, 0.2) is 18.2 Å². The number of rotatable bonds is 1. The highest BCUT2D eigenvalue weighted by Crippen LogP contribution is 2.64. The van der Waals surface area contributed by atoms with Gasteiger partial charge in [-0.15, -0.1) is 11.8 Å². The topological polar surface area (TPSA) is 40.5 Å². The Morgan fingerprint density at radius 2 is 2.04 bits per heavy atom. The van der Waals surface area contributed by atoms with Crippen LogP contribution < -0.4 is 0 Å². The van der Waals surface area contributed by atoms with Crippen molar-refractivity contribution in [3.8, 4) is 17.6 Å². The summed E-state index contributed by atoms with van der Waals surface area (Å²) in [6, 6.07) is 5.95. The van der Waals surface area contributed by atoms with Crippen molar-refractivity contribution in [2.24, 2.45) is 17.3 Å². The Labute approximate surface area is 145 Å². The lowest BCUT2D eigenvalue weighted by Gasteiger charge is -2.53. The molecule has 3 aliphatic carbocycles. The summed E-state index contributed by atoms with van der Waals surface area (Å²) in [5, 5.41) is 21.1. The van der Waals surface area contributed by atoms with Crippen molar-refractivity contribution >= 4 is 0 Å². The Kier molecular flexibility index (Phi) is 3.69. The van der Waals surface area contributed by atoms with Gasteiger partial charge in [0.05, 0.1) is 5.60 Å². The molecule has 0 spiro atoms. The first kappa shape index (κ1) is 16.0. The zero-order valence-corrected chi connectivity index (χ0v) is 14.8. The molecule has 0 amide bonds. The average Bonchev–Trinajstić information content (AvgIpc) is 2.84. The van der Waals surface area contributed by atoms with Gasteiger partial charge in [-0.1, -0.05) is 13.0 Å². The lowest BCUT2D eigenvalue weighted by molar-refractivity contribution is -0.0990. The standard InChI is InChI=1S/C22H28O2/c1-3-4-11-22(24)13-10-20-19-7-5-15-14-16(23)6-8-17(15)18(19)9-12-21(20,22)2/h6,8,14,18-20,23-24H,5,7,9-13H2,1-2H3/t18?,19?,20?,21-,22-/m0/s1. The van der Waals surface area contributed by atoms with Gasteiger partial charge < -0.3 is 10.2 Å². The first-order valence-electron chi connectivity index (χ1n) is 9.42. The summed E-state index contributed by atoms with van der Waals surface area (Å²) in [6.45, 7) is 4.19. The van der Waals surface area contributed by atoms with Crippen molar-refractivity contribution in [2.45, 2.75) is 70.3 Å². The second-order valence-electron chi connectivity index (χ2n) is 8.43. The molecule has 128 valence electrons. The zero-order chi connectivity index (χ0) is 16.9. The molecule has 1 aromatic carbocycles. The van der Waals surface area contributed by atoms with Crippen molar-refractivity contribution in [2.75, 3.05) is 0 Å². The van der Waals surface area contributed by atoms with Crippen molar-refractivity contribution in [3.05, 3.63) is 29.3 Å². The fourth-order valence-electron chi connectivity index (χ4n) is 6.20. The summed E-state index contributed by atoms with van der Waals surface area (Å²) in [5.74, 6) is 8.39. The highest BCUT2D eigenvalue weighted by molar-refractivity contribution is 5.40. The molecule has 24 heavy (non-hydrogen) atoms. The van der Waals surface area contributed by atoms with E-state index >= 15 is 0 Å². The summed E-state index contributed by atoms with van der Waals surface area (Å²) in [4.78, 5) is 0. The fourth-order valence-corrected chi connectivity index (χ4v) is 6.20. The predicted molar refractivity (Wildman–Crippen MR) is 95.7 cm³/mol. The van der Waals surface area contributed by atoms with E-state index in [9.17, 15) is 10.2 Å². The molecule has 2 nitrogen and oxygen atoms in total. The Hall–Kier alpha value is -1.46. The molecule has 2 saturated carbocycles. The number of benzene rings is 1. The van der Waals surface area contributed by atoms with Gasteiger partial charge in [-0.3, -0.25) is 0 Å². The largest absolute Gasteiger partial charge is 0.508 e. The van der Waals surface area contributed by atoms with E-state index in [2.05, 4.69) is 24.8 Å². The van der Waals surface area contributed by atoms with Crippen LogP contribution in [0.3, 0.4) is 0 Å². The number of fused-ring (bicyclic) bond motifs is 5. The Balaban J connectivity index is 1.66. The molecule has 0 saturated heterocycles. The molecule has 2 N–H and O–H groups in total. The minimum absolute atomic E-state index is 0.00639. The first-order chi connectivity index (χ1) is 11.5. The number of phenols is 1. The van der Waals surface area contributed by atoms with Crippen molar-refractivity contribution in [1.82, 2.24) is 0 Å². The smallest absolute Gasteiger partial charge is 0.115 e. The van der Waals surface area contributed by atoms with Crippen LogP contribution in [0, 0.1) is 29.1 Å². The molecule has 0 radical (unpaired) electrons. The maximum atomic E-state index is 11.4. The molecule has 3 aliphatic rings. The average molecular weight is 324 g/mol. The highest BCUT2D eigenvalue weighted by atomic mass is 16.3. The fraction of sp³-hybridized carbons (Fsp3) is 0.636. The quantitative estimate of drug-likeness (QED) is 0.752. The van der Waals surface area contributed by atoms with Crippen LogP contribution in [-0.4, -0.2) is 15.8 Å². The number of hydrogen-bond donors (Lipinski definition) is 2. The number of aliphatic hydroxyl groups is 1. The summed E-state index contributed by atoms with van der Waals surface area (Å²) >= 11 is 0. The van der Waals surface area contributed by atoms with E-state index in [1.165, 1.54) is 17.5 Å². The molecule has 0 aliphatic heterocycles. The summed E-state index contributed by atoms with van der Waals surface area (Å²) in [5.41, 5.74) is 2.19. The van der Waals surface area contributed by atoms with Crippen molar-refractivity contribution < 1.29 is 10.2 Å². The van der Waals surface area contributed by atoms with E-state index in [1.807, 2.05) is 19.1 Å². The molecule has 4 rings (SSSR count). The molecule has 3 unspecified atom stereocenters. The molecule has 5 atom stereocenters.